The van der Waals surface area contributed by atoms with E-state index in [0.29, 0.717) is 16.6 Å². The van der Waals surface area contributed by atoms with E-state index in [1.165, 1.54) is 11.3 Å². The normalized spacial score (nSPS) is 11.3. The number of aromatic nitrogens is 3. The summed E-state index contributed by atoms with van der Waals surface area (Å²) in [6.45, 7) is 8.04. The zero-order valence-electron chi connectivity index (χ0n) is 11.5. The summed E-state index contributed by atoms with van der Waals surface area (Å²) in [5.41, 5.74) is 0.579. The molecule has 0 atom stereocenters. The van der Waals surface area contributed by atoms with Crippen molar-refractivity contribution in [3.8, 4) is 10.6 Å². The van der Waals surface area contributed by atoms with Crippen LogP contribution in [-0.4, -0.2) is 20.8 Å². The summed E-state index contributed by atoms with van der Waals surface area (Å²) in [6.07, 6.45) is 1.80. The van der Waals surface area contributed by atoms with Crippen molar-refractivity contribution in [1.82, 2.24) is 14.8 Å². The third-order valence-corrected chi connectivity index (χ3v) is 3.49. The Morgan fingerprint density at radius 3 is 2.63 bits per heavy atom. The van der Waals surface area contributed by atoms with E-state index < -0.39 is 0 Å². The number of hydrogen-bond donors (Lipinski definition) is 1. The average Bonchev–Trinajstić information content (AvgIpc) is 2.76. The highest BCUT2D eigenvalue weighted by atomic mass is 32.1. The third kappa shape index (κ3) is 3.01. The van der Waals surface area contributed by atoms with Gasteiger partial charge in [-0.3, -0.25) is 4.79 Å². The smallest absolute Gasteiger partial charge is 0.261 e. The van der Waals surface area contributed by atoms with Gasteiger partial charge in [0.25, 0.3) is 5.56 Å². The number of anilines is 1. The second-order valence-electron chi connectivity index (χ2n) is 4.94. The molecule has 0 radical (unpaired) electrons. The lowest BCUT2D eigenvalue weighted by atomic mass is 10.2. The Hall–Kier alpha value is -1.69. The fourth-order valence-corrected chi connectivity index (χ4v) is 2.62. The van der Waals surface area contributed by atoms with Gasteiger partial charge in [0.2, 0.25) is 5.13 Å². The molecule has 102 valence electrons. The zero-order valence-corrected chi connectivity index (χ0v) is 12.4. The predicted molar refractivity (Wildman–Crippen MR) is 78.7 cm³/mol. The van der Waals surface area contributed by atoms with Crippen LogP contribution < -0.4 is 10.9 Å². The van der Waals surface area contributed by atoms with Gasteiger partial charge in [-0.1, -0.05) is 11.3 Å². The maximum atomic E-state index is 12.3. The number of nitrogens with one attached hydrogen (secondary N) is 1. The summed E-state index contributed by atoms with van der Waals surface area (Å²) in [6, 6.07) is 4.09. The summed E-state index contributed by atoms with van der Waals surface area (Å²) < 4.78 is 1.70. The first kappa shape index (κ1) is 13.7. The van der Waals surface area contributed by atoms with Gasteiger partial charge in [-0.05, 0) is 39.8 Å². The Kier molecular flexibility index (Phi) is 3.99. The molecule has 0 amide bonds. The van der Waals surface area contributed by atoms with Gasteiger partial charge in [0, 0.05) is 18.3 Å². The maximum absolute atomic E-state index is 12.3. The zero-order chi connectivity index (χ0) is 14.0. The highest BCUT2D eigenvalue weighted by Crippen LogP contribution is 2.24. The van der Waals surface area contributed by atoms with Crippen molar-refractivity contribution in [1.29, 1.82) is 0 Å². The third-order valence-electron chi connectivity index (χ3n) is 2.60. The molecule has 5 nitrogen and oxygen atoms in total. The quantitative estimate of drug-likeness (QED) is 0.934. The van der Waals surface area contributed by atoms with Crippen molar-refractivity contribution < 1.29 is 0 Å². The van der Waals surface area contributed by atoms with Crippen LogP contribution in [0.5, 0.6) is 0 Å². The average molecular weight is 278 g/mol. The van der Waals surface area contributed by atoms with Crippen LogP contribution in [0.3, 0.4) is 0 Å². The Morgan fingerprint density at radius 1 is 1.26 bits per heavy atom. The highest BCUT2D eigenvalue weighted by Gasteiger charge is 2.13. The second kappa shape index (κ2) is 5.52. The fraction of sp³-hybridized carbons (Fsp3) is 0.462. The maximum Gasteiger partial charge on any atom is 0.261 e. The molecule has 6 heteroatoms. The fourth-order valence-electron chi connectivity index (χ4n) is 1.72. The lowest BCUT2D eigenvalue weighted by molar-refractivity contribution is 0.579. The highest BCUT2D eigenvalue weighted by molar-refractivity contribution is 7.18. The minimum atomic E-state index is -0.0234. The van der Waals surface area contributed by atoms with Crippen LogP contribution in [0.15, 0.2) is 23.1 Å². The van der Waals surface area contributed by atoms with E-state index in [-0.39, 0.29) is 11.6 Å². The summed E-state index contributed by atoms with van der Waals surface area (Å²) in [7, 11) is 0. The molecule has 0 saturated carbocycles. The van der Waals surface area contributed by atoms with Crippen LogP contribution in [0, 0.1) is 0 Å². The van der Waals surface area contributed by atoms with Gasteiger partial charge in [-0.2, -0.15) is 0 Å². The van der Waals surface area contributed by atoms with Crippen molar-refractivity contribution in [2.24, 2.45) is 0 Å². The number of rotatable bonds is 4. The van der Waals surface area contributed by atoms with Crippen molar-refractivity contribution in [2.75, 3.05) is 5.32 Å². The van der Waals surface area contributed by atoms with Crippen LogP contribution in [0.1, 0.15) is 33.7 Å². The Bertz CT molecular complexity index is 615. The molecule has 0 unspecified atom stereocenters. The van der Waals surface area contributed by atoms with Gasteiger partial charge in [-0.15, -0.1) is 10.2 Å². The van der Waals surface area contributed by atoms with Gasteiger partial charge in [0.05, 0.1) is 5.56 Å². The van der Waals surface area contributed by atoms with Crippen molar-refractivity contribution in [3.63, 3.8) is 0 Å². The first-order chi connectivity index (χ1) is 8.99. The summed E-state index contributed by atoms with van der Waals surface area (Å²) in [5, 5.41) is 12.7. The van der Waals surface area contributed by atoms with Crippen LogP contribution in [0.25, 0.3) is 10.6 Å². The lowest BCUT2D eigenvalue weighted by Gasteiger charge is -2.09. The van der Waals surface area contributed by atoms with Gasteiger partial charge in [0.1, 0.15) is 0 Å². The standard InChI is InChI=1S/C13H18N4OS/c1-8(2)14-13-16-15-11(19-13)10-6-5-7-17(9(3)4)12(10)18/h5-9H,1-4H3,(H,14,16). The first-order valence-electron chi connectivity index (χ1n) is 6.30. The van der Waals surface area contributed by atoms with E-state index in [1.807, 2.05) is 33.8 Å². The second-order valence-corrected chi connectivity index (χ2v) is 5.92. The summed E-state index contributed by atoms with van der Waals surface area (Å²) in [4.78, 5) is 12.3. The molecule has 0 fully saturated rings. The number of hydrogen-bond acceptors (Lipinski definition) is 5. The van der Waals surface area contributed by atoms with E-state index in [0.717, 1.165) is 5.13 Å². The molecule has 0 aliphatic heterocycles. The molecule has 0 bridgehead atoms. The first-order valence-corrected chi connectivity index (χ1v) is 7.12. The van der Waals surface area contributed by atoms with E-state index in [1.54, 1.807) is 16.8 Å². The van der Waals surface area contributed by atoms with Gasteiger partial charge < -0.3 is 9.88 Å². The van der Waals surface area contributed by atoms with E-state index in [4.69, 9.17) is 0 Å². The minimum Gasteiger partial charge on any atom is -0.358 e. The molecule has 2 heterocycles. The van der Waals surface area contributed by atoms with Crippen LogP contribution in [0.4, 0.5) is 5.13 Å². The Morgan fingerprint density at radius 2 is 2.00 bits per heavy atom. The van der Waals surface area contributed by atoms with Crippen LogP contribution >= 0.6 is 11.3 Å². The molecule has 0 saturated heterocycles. The topological polar surface area (TPSA) is 59.8 Å². The molecule has 2 aromatic heterocycles. The molecule has 0 aliphatic rings. The molecular formula is C13H18N4OS. The van der Waals surface area contributed by atoms with Crippen molar-refractivity contribution >= 4 is 16.5 Å². The Balaban J connectivity index is 2.40. The van der Waals surface area contributed by atoms with Crippen LogP contribution in [-0.2, 0) is 0 Å². The summed E-state index contributed by atoms with van der Waals surface area (Å²) >= 11 is 1.40. The molecular weight excluding hydrogens is 260 g/mol. The van der Waals surface area contributed by atoms with Gasteiger partial charge in [-0.25, -0.2) is 0 Å². The molecule has 0 spiro atoms. The minimum absolute atomic E-state index is 0.0234. The number of nitrogens with zero attached hydrogens (tertiary/aromatic N) is 3. The lowest BCUT2D eigenvalue weighted by Crippen LogP contribution is -2.22. The number of pyridine rings is 1. The van der Waals surface area contributed by atoms with E-state index in [2.05, 4.69) is 15.5 Å². The summed E-state index contributed by atoms with van der Waals surface area (Å²) in [5.74, 6) is 0. The molecule has 0 aromatic carbocycles. The predicted octanol–water partition coefficient (Wildman–Crippen LogP) is 2.77. The SMILES string of the molecule is CC(C)Nc1nnc(-c2cccn(C(C)C)c2=O)s1. The van der Waals surface area contributed by atoms with Gasteiger partial charge in [0.15, 0.2) is 5.01 Å². The molecule has 2 rings (SSSR count). The molecule has 2 aromatic rings. The van der Waals surface area contributed by atoms with Crippen molar-refractivity contribution in [3.05, 3.63) is 28.7 Å². The monoisotopic (exact) mass is 278 g/mol. The van der Waals surface area contributed by atoms with E-state index in [9.17, 15) is 4.79 Å². The molecule has 1 N–H and O–H groups in total. The molecule has 0 aliphatic carbocycles. The van der Waals surface area contributed by atoms with Crippen LogP contribution in [0.2, 0.25) is 0 Å². The molecule has 19 heavy (non-hydrogen) atoms. The van der Waals surface area contributed by atoms with Crippen molar-refractivity contribution in [2.45, 2.75) is 39.8 Å². The van der Waals surface area contributed by atoms with Gasteiger partial charge >= 0.3 is 0 Å². The van der Waals surface area contributed by atoms with E-state index >= 15 is 0 Å². The Labute approximate surface area is 116 Å². The largest absolute Gasteiger partial charge is 0.358 e.